The topological polar surface area (TPSA) is 17.1 Å². The molecule has 0 saturated heterocycles. The molecule has 0 aliphatic carbocycles. The van der Waals surface area contributed by atoms with Crippen LogP contribution in [0.15, 0.2) is 12.2 Å². The molecule has 0 bridgehead atoms. The first-order valence-electron chi connectivity index (χ1n) is 5.50. The molecule has 0 amide bonds. The highest BCUT2D eigenvalue weighted by molar-refractivity contribution is 5.48. The van der Waals surface area contributed by atoms with Crippen LogP contribution in [0, 0.1) is 0 Å². The molecule has 76 valence electrons. The first-order valence-corrected chi connectivity index (χ1v) is 5.50. The predicted octanol–water partition coefficient (Wildman–Crippen LogP) is 3.88. The van der Waals surface area contributed by atoms with E-state index in [1.165, 1.54) is 32.1 Å². The van der Waals surface area contributed by atoms with E-state index in [1.54, 1.807) is 0 Å². The van der Waals surface area contributed by atoms with Crippen LogP contribution in [0.25, 0.3) is 0 Å². The van der Waals surface area contributed by atoms with Gasteiger partial charge in [0.25, 0.3) is 0 Å². The van der Waals surface area contributed by atoms with E-state index in [2.05, 4.69) is 19.1 Å². The maximum atomic E-state index is 9.99. The molecule has 13 heavy (non-hydrogen) atoms. The second kappa shape index (κ2) is 11.4. The van der Waals surface area contributed by atoms with E-state index < -0.39 is 0 Å². The van der Waals surface area contributed by atoms with Gasteiger partial charge in [-0.05, 0) is 25.7 Å². The normalized spacial score (nSPS) is 10.8. The first-order chi connectivity index (χ1) is 6.41. The highest BCUT2D eigenvalue weighted by atomic mass is 16.1. The Morgan fingerprint density at radius 2 is 1.54 bits per heavy atom. The van der Waals surface area contributed by atoms with Crippen molar-refractivity contribution >= 4 is 6.29 Å². The maximum Gasteiger partial charge on any atom is 0.120 e. The van der Waals surface area contributed by atoms with Crippen molar-refractivity contribution in [3.05, 3.63) is 12.2 Å². The Hall–Kier alpha value is -0.590. The highest BCUT2D eigenvalue weighted by Crippen LogP contribution is 2.03. The van der Waals surface area contributed by atoms with Crippen molar-refractivity contribution in [2.45, 2.75) is 58.3 Å². The number of rotatable bonds is 9. The molecule has 0 rings (SSSR count). The second-order valence-electron chi connectivity index (χ2n) is 3.42. The van der Waals surface area contributed by atoms with Crippen molar-refractivity contribution in [3.63, 3.8) is 0 Å². The lowest BCUT2D eigenvalue weighted by molar-refractivity contribution is -0.107. The van der Waals surface area contributed by atoms with Gasteiger partial charge in [-0.2, -0.15) is 0 Å². The standard InChI is InChI=1S/C12H22O/c1-2-3-4-5-6-7-8-9-10-11-12-13/h7-8,12H,2-6,9-11H2,1H3. The zero-order valence-electron chi connectivity index (χ0n) is 8.80. The van der Waals surface area contributed by atoms with Crippen molar-refractivity contribution < 1.29 is 4.79 Å². The van der Waals surface area contributed by atoms with Crippen molar-refractivity contribution in [3.8, 4) is 0 Å². The fourth-order valence-corrected chi connectivity index (χ4v) is 1.24. The molecule has 0 atom stereocenters. The fourth-order valence-electron chi connectivity index (χ4n) is 1.24. The Kier molecular flexibility index (Phi) is 10.9. The van der Waals surface area contributed by atoms with Crippen molar-refractivity contribution in [2.24, 2.45) is 0 Å². The van der Waals surface area contributed by atoms with Gasteiger partial charge in [0.05, 0.1) is 0 Å². The van der Waals surface area contributed by atoms with Crippen LogP contribution >= 0.6 is 0 Å². The largest absolute Gasteiger partial charge is 0.303 e. The summed E-state index contributed by atoms with van der Waals surface area (Å²) in [5.74, 6) is 0. The Morgan fingerprint density at radius 3 is 2.15 bits per heavy atom. The number of carbonyl (C=O) groups excluding carboxylic acids is 1. The zero-order chi connectivity index (χ0) is 9.78. The third-order valence-electron chi connectivity index (χ3n) is 2.08. The van der Waals surface area contributed by atoms with Gasteiger partial charge < -0.3 is 4.79 Å². The van der Waals surface area contributed by atoms with Gasteiger partial charge >= 0.3 is 0 Å². The lowest BCUT2D eigenvalue weighted by atomic mass is 10.1. The molecule has 1 heteroatoms. The maximum absolute atomic E-state index is 9.99. The van der Waals surface area contributed by atoms with Gasteiger partial charge in [0.1, 0.15) is 6.29 Å². The molecule has 0 spiro atoms. The van der Waals surface area contributed by atoms with Gasteiger partial charge in [-0.15, -0.1) is 0 Å². The number of unbranched alkanes of at least 4 members (excludes halogenated alkanes) is 6. The summed E-state index contributed by atoms with van der Waals surface area (Å²) in [7, 11) is 0. The molecule has 0 aliphatic heterocycles. The molecule has 0 aromatic carbocycles. The number of allylic oxidation sites excluding steroid dienone is 2. The van der Waals surface area contributed by atoms with Gasteiger partial charge in [-0.25, -0.2) is 0 Å². The molecule has 0 N–H and O–H groups in total. The molecule has 0 aromatic heterocycles. The summed E-state index contributed by atoms with van der Waals surface area (Å²) >= 11 is 0. The Morgan fingerprint density at radius 1 is 0.846 bits per heavy atom. The average Bonchev–Trinajstić information content (AvgIpc) is 2.16. The second-order valence-corrected chi connectivity index (χ2v) is 3.42. The van der Waals surface area contributed by atoms with E-state index in [9.17, 15) is 4.79 Å². The van der Waals surface area contributed by atoms with Gasteiger partial charge in [-0.3, -0.25) is 0 Å². The lowest BCUT2D eigenvalue weighted by Gasteiger charge is -1.94. The fraction of sp³-hybridized carbons (Fsp3) is 0.750. The van der Waals surface area contributed by atoms with E-state index in [4.69, 9.17) is 0 Å². The lowest BCUT2D eigenvalue weighted by Crippen LogP contribution is -1.75. The third-order valence-corrected chi connectivity index (χ3v) is 2.08. The Labute approximate surface area is 82.2 Å². The summed E-state index contributed by atoms with van der Waals surface area (Å²) in [5.41, 5.74) is 0. The summed E-state index contributed by atoms with van der Waals surface area (Å²) in [6.45, 7) is 2.23. The quantitative estimate of drug-likeness (QED) is 0.300. The molecule has 0 radical (unpaired) electrons. The van der Waals surface area contributed by atoms with Gasteiger partial charge in [0, 0.05) is 6.42 Å². The number of carbonyl (C=O) groups is 1. The van der Waals surface area contributed by atoms with Gasteiger partial charge in [0.15, 0.2) is 0 Å². The first kappa shape index (κ1) is 12.4. The van der Waals surface area contributed by atoms with Crippen LogP contribution < -0.4 is 0 Å². The van der Waals surface area contributed by atoms with Crippen LogP contribution in [0.1, 0.15) is 58.3 Å². The molecule has 0 aromatic rings. The van der Waals surface area contributed by atoms with Crippen LogP contribution in [-0.4, -0.2) is 6.29 Å². The van der Waals surface area contributed by atoms with Crippen LogP contribution in [0.2, 0.25) is 0 Å². The molecule has 0 saturated carbocycles. The average molecular weight is 182 g/mol. The zero-order valence-corrected chi connectivity index (χ0v) is 8.80. The molecular weight excluding hydrogens is 160 g/mol. The number of hydrogen-bond acceptors (Lipinski definition) is 1. The molecule has 0 unspecified atom stereocenters. The van der Waals surface area contributed by atoms with Gasteiger partial charge in [0.2, 0.25) is 0 Å². The SMILES string of the molecule is CCCCCCC=CCCCC=O. The van der Waals surface area contributed by atoms with E-state index in [0.29, 0.717) is 6.42 Å². The molecular formula is C12H22O. The number of hydrogen-bond donors (Lipinski definition) is 0. The predicted molar refractivity (Wildman–Crippen MR) is 57.8 cm³/mol. The third kappa shape index (κ3) is 11.4. The smallest absolute Gasteiger partial charge is 0.120 e. The molecule has 0 fully saturated rings. The van der Waals surface area contributed by atoms with E-state index in [1.807, 2.05) is 0 Å². The monoisotopic (exact) mass is 182 g/mol. The summed E-state index contributed by atoms with van der Waals surface area (Å²) < 4.78 is 0. The molecule has 0 heterocycles. The summed E-state index contributed by atoms with van der Waals surface area (Å²) in [4.78, 5) is 9.99. The minimum atomic E-state index is 0.709. The minimum absolute atomic E-state index is 0.709. The van der Waals surface area contributed by atoms with Crippen LogP contribution in [-0.2, 0) is 4.79 Å². The van der Waals surface area contributed by atoms with Gasteiger partial charge in [-0.1, -0.05) is 38.3 Å². The van der Waals surface area contributed by atoms with Crippen LogP contribution in [0.4, 0.5) is 0 Å². The van der Waals surface area contributed by atoms with Crippen LogP contribution in [0.5, 0.6) is 0 Å². The highest BCUT2D eigenvalue weighted by Gasteiger charge is 1.84. The van der Waals surface area contributed by atoms with Crippen molar-refractivity contribution in [2.75, 3.05) is 0 Å². The Balaban J connectivity index is 2.98. The van der Waals surface area contributed by atoms with Crippen molar-refractivity contribution in [1.82, 2.24) is 0 Å². The Bertz CT molecular complexity index is 127. The summed E-state index contributed by atoms with van der Waals surface area (Å²) in [5, 5.41) is 0. The number of aldehydes is 1. The van der Waals surface area contributed by atoms with E-state index in [0.717, 1.165) is 19.1 Å². The minimum Gasteiger partial charge on any atom is -0.303 e. The van der Waals surface area contributed by atoms with E-state index in [-0.39, 0.29) is 0 Å². The van der Waals surface area contributed by atoms with Crippen molar-refractivity contribution in [1.29, 1.82) is 0 Å². The van der Waals surface area contributed by atoms with Crippen LogP contribution in [0.3, 0.4) is 0 Å². The van der Waals surface area contributed by atoms with E-state index >= 15 is 0 Å². The molecule has 0 aliphatic rings. The summed E-state index contributed by atoms with van der Waals surface area (Å²) in [6, 6.07) is 0. The molecule has 1 nitrogen and oxygen atoms in total. The summed E-state index contributed by atoms with van der Waals surface area (Å²) in [6.07, 6.45) is 14.8.